The molecule has 2 atom stereocenters. The zero-order valence-electron chi connectivity index (χ0n) is 10.9. The molecule has 1 aromatic heterocycles. The summed E-state index contributed by atoms with van der Waals surface area (Å²) in [6.45, 7) is 3.52. The molecule has 0 aliphatic carbocycles. The van der Waals surface area contributed by atoms with Crippen LogP contribution < -0.4 is 10.6 Å². The Balaban J connectivity index is 1.81. The van der Waals surface area contributed by atoms with Gasteiger partial charge < -0.3 is 15.4 Å². The third-order valence-corrected chi connectivity index (χ3v) is 4.32. The molecule has 2 fully saturated rings. The van der Waals surface area contributed by atoms with Crippen LogP contribution in [0.2, 0.25) is 5.02 Å². The van der Waals surface area contributed by atoms with Crippen molar-refractivity contribution in [3.8, 4) is 0 Å². The molecule has 2 N–H and O–H groups in total. The quantitative estimate of drug-likeness (QED) is 0.815. The van der Waals surface area contributed by atoms with Gasteiger partial charge in [0.1, 0.15) is 17.2 Å². The molecular weight excluding hydrogens is 266 g/mol. The van der Waals surface area contributed by atoms with Gasteiger partial charge in [-0.2, -0.15) is 0 Å². The maximum atomic E-state index is 6.20. The van der Waals surface area contributed by atoms with Gasteiger partial charge in [-0.25, -0.2) is 9.97 Å². The predicted molar refractivity (Wildman–Crippen MR) is 74.4 cm³/mol. The molecule has 0 amide bonds. The van der Waals surface area contributed by atoms with Crippen LogP contribution in [0.3, 0.4) is 0 Å². The van der Waals surface area contributed by atoms with E-state index in [0.29, 0.717) is 23.0 Å². The summed E-state index contributed by atoms with van der Waals surface area (Å²) in [6.07, 6.45) is 2.76. The number of piperidine rings is 1. The van der Waals surface area contributed by atoms with Crippen LogP contribution in [-0.2, 0) is 4.74 Å². The molecule has 104 valence electrons. The van der Waals surface area contributed by atoms with E-state index in [2.05, 4.69) is 26.8 Å². The largest absolute Gasteiger partial charge is 0.382 e. The van der Waals surface area contributed by atoms with Crippen LogP contribution in [0.1, 0.15) is 6.42 Å². The van der Waals surface area contributed by atoms with Crippen molar-refractivity contribution in [1.29, 1.82) is 0 Å². The lowest BCUT2D eigenvalue weighted by Gasteiger charge is -2.46. The predicted octanol–water partition coefficient (Wildman–Crippen LogP) is 0.621. The summed E-state index contributed by atoms with van der Waals surface area (Å²) < 4.78 is 5.83. The fourth-order valence-electron chi connectivity index (χ4n) is 2.83. The molecular formula is C12H18ClN5O. The van der Waals surface area contributed by atoms with Gasteiger partial charge in [0.05, 0.1) is 18.8 Å². The number of ether oxygens (including phenoxy) is 1. The Kier molecular flexibility index (Phi) is 3.47. The first kappa shape index (κ1) is 12.9. The van der Waals surface area contributed by atoms with Gasteiger partial charge >= 0.3 is 0 Å². The summed E-state index contributed by atoms with van der Waals surface area (Å²) >= 11 is 6.20. The van der Waals surface area contributed by atoms with Crippen molar-refractivity contribution in [1.82, 2.24) is 14.9 Å². The van der Waals surface area contributed by atoms with Crippen molar-refractivity contribution in [3.63, 3.8) is 0 Å². The van der Waals surface area contributed by atoms with E-state index in [-0.39, 0.29) is 0 Å². The summed E-state index contributed by atoms with van der Waals surface area (Å²) in [6, 6.07) is 0.384. The Labute approximate surface area is 117 Å². The molecule has 6 nitrogen and oxygen atoms in total. The number of nitrogen functional groups attached to an aromatic ring is 1. The van der Waals surface area contributed by atoms with Gasteiger partial charge in [0.2, 0.25) is 0 Å². The number of aromatic nitrogens is 2. The lowest BCUT2D eigenvalue weighted by molar-refractivity contribution is -0.0687. The summed E-state index contributed by atoms with van der Waals surface area (Å²) in [5, 5.41) is 0.445. The zero-order chi connectivity index (χ0) is 13.4. The van der Waals surface area contributed by atoms with Gasteiger partial charge in [0, 0.05) is 19.6 Å². The topological polar surface area (TPSA) is 67.5 Å². The van der Waals surface area contributed by atoms with Gasteiger partial charge in [-0.05, 0) is 13.5 Å². The Morgan fingerprint density at radius 3 is 3.11 bits per heavy atom. The number of rotatable bonds is 1. The van der Waals surface area contributed by atoms with Crippen LogP contribution in [-0.4, -0.2) is 60.3 Å². The van der Waals surface area contributed by atoms with E-state index in [1.54, 1.807) is 0 Å². The van der Waals surface area contributed by atoms with Crippen LogP contribution in [0.5, 0.6) is 0 Å². The van der Waals surface area contributed by atoms with E-state index in [4.69, 9.17) is 22.1 Å². The first-order valence-corrected chi connectivity index (χ1v) is 6.87. The third-order valence-electron chi connectivity index (χ3n) is 3.96. The second-order valence-electron chi connectivity index (χ2n) is 5.09. The van der Waals surface area contributed by atoms with E-state index in [1.165, 1.54) is 6.33 Å². The molecule has 0 bridgehead atoms. The van der Waals surface area contributed by atoms with Crippen LogP contribution in [0.4, 0.5) is 11.6 Å². The lowest BCUT2D eigenvalue weighted by Crippen LogP contribution is -2.59. The summed E-state index contributed by atoms with van der Waals surface area (Å²) in [4.78, 5) is 12.7. The minimum absolute atomic E-state index is 0.313. The fourth-order valence-corrected chi connectivity index (χ4v) is 3.05. The lowest BCUT2D eigenvalue weighted by atomic mass is 9.99. The number of likely N-dealkylation sites (N-methyl/N-ethyl adjacent to an activating group) is 1. The number of fused-ring (bicyclic) bond motifs is 1. The normalized spacial score (nSPS) is 28.2. The van der Waals surface area contributed by atoms with Crippen LogP contribution in [0.15, 0.2) is 6.33 Å². The number of nitrogens with zero attached hydrogens (tertiary/aromatic N) is 4. The minimum atomic E-state index is 0.313. The molecule has 19 heavy (non-hydrogen) atoms. The maximum absolute atomic E-state index is 6.20. The Morgan fingerprint density at radius 1 is 1.42 bits per heavy atom. The molecule has 2 aliphatic rings. The monoisotopic (exact) mass is 283 g/mol. The van der Waals surface area contributed by atoms with Gasteiger partial charge in [-0.1, -0.05) is 11.6 Å². The number of hydrogen-bond acceptors (Lipinski definition) is 6. The van der Waals surface area contributed by atoms with Crippen molar-refractivity contribution in [2.24, 2.45) is 0 Å². The van der Waals surface area contributed by atoms with Gasteiger partial charge in [0.25, 0.3) is 0 Å². The molecule has 2 aliphatic heterocycles. The zero-order valence-corrected chi connectivity index (χ0v) is 11.7. The summed E-state index contributed by atoms with van der Waals surface area (Å²) in [5.74, 6) is 1.06. The molecule has 1 aromatic rings. The third kappa shape index (κ3) is 2.35. The highest BCUT2D eigenvalue weighted by atomic mass is 35.5. The number of morpholine rings is 1. The van der Waals surface area contributed by atoms with E-state index in [0.717, 1.165) is 38.5 Å². The van der Waals surface area contributed by atoms with E-state index in [9.17, 15) is 0 Å². The molecule has 0 radical (unpaired) electrons. The molecule has 3 rings (SSSR count). The maximum Gasteiger partial charge on any atom is 0.153 e. The van der Waals surface area contributed by atoms with E-state index < -0.39 is 0 Å². The SMILES string of the molecule is CN1CCOC2CCN(c3ncnc(N)c3Cl)CC21. The minimum Gasteiger partial charge on any atom is -0.382 e. The average molecular weight is 284 g/mol. The Bertz CT molecular complexity index is 471. The first-order chi connectivity index (χ1) is 9.16. The van der Waals surface area contributed by atoms with Gasteiger partial charge in [-0.3, -0.25) is 4.90 Å². The number of nitrogens with two attached hydrogens (primary N) is 1. The molecule has 0 saturated carbocycles. The van der Waals surface area contributed by atoms with Gasteiger partial charge in [0.15, 0.2) is 5.82 Å². The Morgan fingerprint density at radius 2 is 2.26 bits per heavy atom. The molecule has 0 spiro atoms. The van der Waals surface area contributed by atoms with Crippen molar-refractivity contribution in [3.05, 3.63) is 11.3 Å². The first-order valence-electron chi connectivity index (χ1n) is 6.49. The number of anilines is 2. The van der Waals surface area contributed by atoms with E-state index >= 15 is 0 Å². The van der Waals surface area contributed by atoms with Crippen molar-refractivity contribution < 1.29 is 4.74 Å². The van der Waals surface area contributed by atoms with Crippen molar-refractivity contribution >= 4 is 23.2 Å². The van der Waals surface area contributed by atoms with Crippen LogP contribution >= 0.6 is 11.6 Å². The second-order valence-corrected chi connectivity index (χ2v) is 5.47. The highest BCUT2D eigenvalue weighted by molar-refractivity contribution is 6.35. The number of halogens is 1. The van der Waals surface area contributed by atoms with E-state index in [1.807, 2.05) is 0 Å². The standard InChI is InChI=1S/C12H18ClN5O/c1-17-4-5-19-9-2-3-18(6-8(9)17)12-10(13)11(14)15-7-16-12/h7-9H,2-6H2,1H3,(H2,14,15,16). The Hall–Kier alpha value is -1.11. The number of hydrogen-bond donors (Lipinski definition) is 1. The second kappa shape index (κ2) is 5.11. The molecule has 7 heteroatoms. The molecule has 3 heterocycles. The van der Waals surface area contributed by atoms with Crippen molar-refractivity contribution in [2.75, 3.05) is 43.9 Å². The smallest absolute Gasteiger partial charge is 0.153 e. The average Bonchev–Trinajstić information content (AvgIpc) is 2.42. The summed E-state index contributed by atoms with van der Waals surface area (Å²) in [5.41, 5.74) is 5.74. The van der Waals surface area contributed by atoms with Gasteiger partial charge in [-0.15, -0.1) is 0 Å². The summed E-state index contributed by atoms with van der Waals surface area (Å²) in [7, 11) is 2.14. The van der Waals surface area contributed by atoms with Crippen LogP contribution in [0, 0.1) is 0 Å². The molecule has 0 aromatic carbocycles. The van der Waals surface area contributed by atoms with Crippen molar-refractivity contribution in [2.45, 2.75) is 18.6 Å². The molecule has 2 unspecified atom stereocenters. The molecule has 2 saturated heterocycles. The highest BCUT2D eigenvalue weighted by Gasteiger charge is 2.36. The highest BCUT2D eigenvalue weighted by Crippen LogP contribution is 2.31. The van der Waals surface area contributed by atoms with Crippen LogP contribution in [0.25, 0.3) is 0 Å². The fraction of sp³-hybridized carbons (Fsp3) is 0.667.